The van der Waals surface area contributed by atoms with Gasteiger partial charge in [0.1, 0.15) is 5.82 Å². The molecule has 0 aliphatic heterocycles. The highest BCUT2D eigenvalue weighted by Gasteiger charge is 2.10. The van der Waals surface area contributed by atoms with Gasteiger partial charge in [0.05, 0.1) is 0 Å². The number of benzene rings is 1. The predicted molar refractivity (Wildman–Crippen MR) is 74.1 cm³/mol. The van der Waals surface area contributed by atoms with Crippen molar-refractivity contribution in [2.24, 2.45) is 0 Å². The molecule has 0 bridgehead atoms. The average Bonchev–Trinajstić information content (AvgIpc) is 2.39. The summed E-state index contributed by atoms with van der Waals surface area (Å²) >= 11 is 0. The summed E-state index contributed by atoms with van der Waals surface area (Å²) in [5.41, 5.74) is 9.13. The summed E-state index contributed by atoms with van der Waals surface area (Å²) in [5.74, 6) is 0.549. The SMILES string of the molecule is Cc1ccnc(N)c1-c1cncc2ccccc12. The third-order valence-corrected chi connectivity index (χ3v) is 3.13. The van der Waals surface area contributed by atoms with Crippen molar-refractivity contribution in [3.8, 4) is 11.1 Å². The van der Waals surface area contributed by atoms with E-state index < -0.39 is 0 Å². The fourth-order valence-electron chi connectivity index (χ4n) is 2.25. The van der Waals surface area contributed by atoms with E-state index in [-0.39, 0.29) is 0 Å². The van der Waals surface area contributed by atoms with E-state index in [0.717, 1.165) is 27.5 Å². The molecule has 3 nitrogen and oxygen atoms in total. The van der Waals surface area contributed by atoms with Crippen LogP contribution in [0.4, 0.5) is 5.82 Å². The normalized spacial score (nSPS) is 10.7. The van der Waals surface area contributed by atoms with E-state index in [2.05, 4.69) is 16.0 Å². The number of pyridine rings is 2. The van der Waals surface area contributed by atoms with Crippen molar-refractivity contribution in [2.75, 3.05) is 5.73 Å². The Labute approximate surface area is 105 Å². The standard InChI is InChI=1S/C15H13N3/c1-10-6-7-18-15(16)14(10)13-9-17-8-11-4-2-3-5-12(11)13/h2-9H,1H3,(H2,16,18). The molecule has 1 aromatic carbocycles. The second-order valence-electron chi connectivity index (χ2n) is 4.30. The molecule has 3 rings (SSSR count). The van der Waals surface area contributed by atoms with E-state index in [4.69, 9.17) is 5.73 Å². The fourth-order valence-corrected chi connectivity index (χ4v) is 2.25. The van der Waals surface area contributed by atoms with Crippen LogP contribution in [-0.4, -0.2) is 9.97 Å². The predicted octanol–water partition coefficient (Wildman–Crippen LogP) is 3.19. The first-order valence-electron chi connectivity index (χ1n) is 5.81. The highest BCUT2D eigenvalue weighted by molar-refractivity contribution is 5.98. The second-order valence-corrected chi connectivity index (χ2v) is 4.30. The van der Waals surface area contributed by atoms with Gasteiger partial charge in [0.25, 0.3) is 0 Å². The molecule has 0 saturated heterocycles. The molecule has 0 fully saturated rings. The summed E-state index contributed by atoms with van der Waals surface area (Å²) in [4.78, 5) is 8.46. The van der Waals surface area contributed by atoms with Gasteiger partial charge in [-0.05, 0) is 23.9 Å². The van der Waals surface area contributed by atoms with Gasteiger partial charge >= 0.3 is 0 Å². The molecule has 2 N–H and O–H groups in total. The number of nitrogens with zero attached hydrogens (tertiary/aromatic N) is 2. The number of rotatable bonds is 1. The van der Waals surface area contributed by atoms with Crippen molar-refractivity contribution in [3.63, 3.8) is 0 Å². The lowest BCUT2D eigenvalue weighted by Crippen LogP contribution is -1.97. The molecule has 0 aliphatic carbocycles. The maximum absolute atomic E-state index is 6.01. The lowest BCUT2D eigenvalue weighted by molar-refractivity contribution is 1.28. The van der Waals surface area contributed by atoms with E-state index in [1.165, 1.54) is 0 Å². The van der Waals surface area contributed by atoms with Crippen molar-refractivity contribution < 1.29 is 0 Å². The Balaban J connectivity index is 2.39. The Kier molecular flexibility index (Phi) is 2.45. The molecule has 2 heterocycles. The van der Waals surface area contributed by atoms with Crippen LogP contribution in [0, 0.1) is 6.92 Å². The lowest BCUT2D eigenvalue weighted by Gasteiger charge is -2.10. The minimum Gasteiger partial charge on any atom is -0.383 e. The van der Waals surface area contributed by atoms with Crippen LogP contribution in [0.5, 0.6) is 0 Å². The summed E-state index contributed by atoms with van der Waals surface area (Å²) in [6, 6.07) is 10.1. The molecule has 2 aromatic heterocycles. The molecule has 3 aromatic rings. The van der Waals surface area contributed by atoms with E-state index >= 15 is 0 Å². The number of hydrogen-bond acceptors (Lipinski definition) is 3. The first-order chi connectivity index (χ1) is 8.77. The molecule has 0 atom stereocenters. The van der Waals surface area contributed by atoms with Gasteiger partial charge in [-0.25, -0.2) is 4.98 Å². The monoisotopic (exact) mass is 235 g/mol. The van der Waals surface area contributed by atoms with E-state index in [0.29, 0.717) is 5.82 Å². The van der Waals surface area contributed by atoms with Crippen LogP contribution in [-0.2, 0) is 0 Å². The van der Waals surface area contributed by atoms with Crippen molar-refractivity contribution in [1.82, 2.24) is 9.97 Å². The first-order valence-corrected chi connectivity index (χ1v) is 5.81. The van der Waals surface area contributed by atoms with Crippen LogP contribution >= 0.6 is 0 Å². The van der Waals surface area contributed by atoms with Crippen molar-refractivity contribution in [2.45, 2.75) is 6.92 Å². The Morgan fingerprint density at radius 2 is 1.89 bits per heavy atom. The molecule has 0 radical (unpaired) electrons. The summed E-state index contributed by atoms with van der Waals surface area (Å²) in [7, 11) is 0. The van der Waals surface area contributed by atoms with Gasteiger partial charge in [-0.2, -0.15) is 0 Å². The van der Waals surface area contributed by atoms with Gasteiger partial charge in [0.2, 0.25) is 0 Å². The molecule has 18 heavy (non-hydrogen) atoms. The molecular weight excluding hydrogens is 222 g/mol. The Morgan fingerprint density at radius 3 is 2.72 bits per heavy atom. The molecule has 0 saturated carbocycles. The van der Waals surface area contributed by atoms with E-state index in [1.807, 2.05) is 43.6 Å². The summed E-state index contributed by atoms with van der Waals surface area (Å²) in [5, 5.41) is 2.26. The minimum absolute atomic E-state index is 0.549. The molecule has 0 amide bonds. The van der Waals surface area contributed by atoms with Crippen LogP contribution in [0.15, 0.2) is 48.9 Å². The quantitative estimate of drug-likeness (QED) is 0.704. The zero-order valence-electron chi connectivity index (χ0n) is 10.1. The van der Waals surface area contributed by atoms with Crippen molar-refractivity contribution in [1.29, 1.82) is 0 Å². The number of fused-ring (bicyclic) bond motifs is 1. The highest BCUT2D eigenvalue weighted by Crippen LogP contribution is 2.32. The van der Waals surface area contributed by atoms with Crippen molar-refractivity contribution in [3.05, 3.63) is 54.5 Å². The summed E-state index contributed by atoms with van der Waals surface area (Å²) < 4.78 is 0. The van der Waals surface area contributed by atoms with E-state index in [1.54, 1.807) is 6.20 Å². The van der Waals surface area contributed by atoms with Crippen LogP contribution in [0.2, 0.25) is 0 Å². The maximum Gasteiger partial charge on any atom is 0.131 e. The third kappa shape index (κ3) is 1.61. The van der Waals surface area contributed by atoms with E-state index in [9.17, 15) is 0 Å². The Bertz CT molecular complexity index is 694. The zero-order chi connectivity index (χ0) is 12.5. The van der Waals surface area contributed by atoms with Gasteiger partial charge in [-0.3, -0.25) is 4.98 Å². The van der Waals surface area contributed by atoms with Crippen LogP contribution < -0.4 is 5.73 Å². The van der Waals surface area contributed by atoms with Gasteiger partial charge < -0.3 is 5.73 Å². The van der Waals surface area contributed by atoms with Crippen molar-refractivity contribution >= 4 is 16.6 Å². The topological polar surface area (TPSA) is 51.8 Å². The number of hydrogen-bond donors (Lipinski definition) is 1. The first kappa shape index (κ1) is 10.7. The van der Waals surface area contributed by atoms with Crippen LogP contribution in [0.1, 0.15) is 5.56 Å². The maximum atomic E-state index is 6.01. The second kappa shape index (κ2) is 4.11. The van der Waals surface area contributed by atoms with Gasteiger partial charge in [0.15, 0.2) is 0 Å². The average molecular weight is 235 g/mol. The number of anilines is 1. The van der Waals surface area contributed by atoms with Crippen LogP contribution in [0.25, 0.3) is 21.9 Å². The van der Waals surface area contributed by atoms with Gasteiger partial charge in [-0.1, -0.05) is 24.3 Å². The molecular formula is C15H13N3. The summed E-state index contributed by atoms with van der Waals surface area (Å²) in [6.45, 7) is 2.04. The third-order valence-electron chi connectivity index (χ3n) is 3.13. The summed E-state index contributed by atoms with van der Waals surface area (Å²) in [6.07, 6.45) is 5.44. The molecule has 0 unspecified atom stereocenters. The smallest absolute Gasteiger partial charge is 0.131 e. The Hall–Kier alpha value is -2.42. The zero-order valence-corrected chi connectivity index (χ0v) is 10.1. The molecule has 0 spiro atoms. The van der Waals surface area contributed by atoms with Crippen LogP contribution in [0.3, 0.4) is 0 Å². The highest BCUT2D eigenvalue weighted by atomic mass is 14.8. The number of aromatic nitrogens is 2. The number of aryl methyl sites for hydroxylation is 1. The fraction of sp³-hybridized carbons (Fsp3) is 0.0667. The lowest BCUT2D eigenvalue weighted by atomic mass is 9.98. The largest absolute Gasteiger partial charge is 0.383 e. The number of nitrogens with two attached hydrogens (primary N) is 1. The molecule has 88 valence electrons. The molecule has 3 heteroatoms. The Morgan fingerprint density at radius 1 is 1.06 bits per heavy atom. The van der Waals surface area contributed by atoms with Gasteiger partial charge in [0, 0.05) is 35.1 Å². The molecule has 0 aliphatic rings. The number of nitrogen functional groups attached to an aromatic ring is 1. The minimum atomic E-state index is 0.549. The van der Waals surface area contributed by atoms with Gasteiger partial charge in [-0.15, -0.1) is 0 Å².